The van der Waals surface area contributed by atoms with Gasteiger partial charge in [0.1, 0.15) is 18.1 Å². The van der Waals surface area contributed by atoms with Gasteiger partial charge in [-0.15, -0.1) is 0 Å². The molecule has 0 aliphatic carbocycles. The highest BCUT2D eigenvalue weighted by Crippen LogP contribution is 2.38. The second kappa shape index (κ2) is 11.7. The Labute approximate surface area is 238 Å². The van der Waals surface area contributed by atoms with E-state index in [1.807, 2.05) is 0 Å². The van der Waals surface area contributed by atoms with Gasteiger partial charge in [0.05, 0.1) is 28.6 Å². The molecule has 0 radical (unpaired) electrons. The fourth-order valence-electron chi connectivity index (χ4n) is 4.55. The fraction of sp³-hybridized carbons (Fsp3) is 0.296. The first-order valence-electron chi connectivity index (χ1n) is 12.7. The SMILES string of the molecule is O=C(NCCOc1ccc(S(=O)(=O)N2CCCC2)cc1)[C@H]1CN(S(=O)(=O)c2ccccc2)c2cc(Cl)ccc2O1. The Morgan fingerprint density at radius 2 is 1.60 bits per heavy atom. The Kier molecular flexibility index (Phi) is 8.22. The smallest absolute Gasteiger partial charge is 0.264 e. The van der Waals surface area contributed by atoms with Gasteiger partial charge in [0.25, 0.3) is 15.9 Å². The molecule has 1 fully saturated rings. The standard InChI is InChI=1S/C27H28ClN3O7S2/c28-20-8-13-25-24(18-20)31(40(35,36)22-6-2-1-3-7-22)19-26(38-25)27(32)29-14-17-37-21-9-11-23(12-10-21)39(33,34)30-15-4-5-16-30/h1-3,6-13,18,26H,4-5,14-17,19H2,(H,29,32)/t26-/m1/s1. The molecule has 1 saturated heterocycles. The third-order valence-electron chi connectivity index (χ3n) is 6.61. The first kappa shape index (κ1) is 28.2. The first-order valence-corrected chi connectivity index (χ1v) is 16.0. The Morgan fingerprint density at radius 3 is 2.30 bits per heavy atom. The molecule has 13 heteroatoms. The monoisotopic (exact) mass is 605 g/mol. The molecule has 5 rings (SSSR count). The van der Waals surface area contributed by atoms with Gasteiger partial charge < -0.3 is 14.8 Å². The minimum atomic E-state index is -4.00. The van der Waals surface area contributed by atoms with Crippen LogP contribution in [0, 0.1) is 0 Å². The van der Waals surface area contributed by atoms with E-state index in [0.29, 0.717) is 23.9 Å². The predicted molar refractivity (Wildman–Crippen MR) is 150 cm³/mol. The van der Waals surface area contributed by atoms with Crippen molar-refractivity contribution in [2.75, 3.05) is 37.1 Å². The van der Waals surface area contributed by atoms with Crippen LogP contribution in [0.3, 0.4) is 0 Å². The lowest BCUT2D eigenvalue weighted by atomic mass is 10.2. The molecular weight excluding hydrogens is 578 g/mol. The lowest BCUT2D eigenvalue weighted by Crippen LogP contribution is -2.51. The summed E-state index contributed by atoms with van der Waals surface area (Å²) in [4.78, 5) is 13.3. The van der Waals surface area contributed by atoms with E-state index in [1.54, 1.807) is 36.4 Å². The zero-order valence-electron chi connectivity index (χ0n) is 21.4. The van der Waals surface area contributed by atoms with Gasteiger partial charge in [0, 0.05) is 18.1 Å². The number of carbonyl (C=O) groups excluding carboxylic acids is 1. The van der Waals surface area contributed by atoms with Gasteiger partial charge in [-0.25, -0.2) is 16.8 Å². The predicted octanol–water partition coefficient (Wildman–Crippen LogP) is 3.28. The van der Waals surface area contributed by atoms with E-state index in [0.717, 1.165) is 17.1 Å². The molecule has 1 amide bonds. The molecule has 0 spiro atoms. The zero-order valence-corrected chi connectivity index (χ0v) is 23.8. The van der Waals surface area contributed by atoms with E-state index in [-0.39, 0.29) is 40.9 Å². The topological polar surface area (TPSA) is 122 Å². The number of nitrogens with one attached hydrogen (secondary N) is 1. The average molecular weight is 606 g/mol. The fourth-order valence-corrected chi connectivity index (χ4v) is 7.72. The quantitative estimate of drug-likeness (QED) is 0.372. The summed E-state index contributed by atoms with van der Waals surface area (Å²) in [6.07, 6.45) is 0.613. The highest BCUT2D eigenvalue weighted by Gasteiger charge is 2.37. The second-order valence-corrected chi connectivity index (χ2v) is 13.5. The van der Waals surface area contributed by atoms with Gasteiger partial charge in [0.2, 0.25) is 10.0 Å². The molecule has 0 aromatic heterocycles. The highest BCUT2D eigenvalue weighted by atomic mass is 35.5. The van der Waals surface area contributed by atoms with E-state index in [2.05, 4.69) is 5.32 Å². The number of hydrogen-bond donors (Lipinski definition) is 1. The van der Waals surface area contributed by atoms with Crippen LogP contribution >= 0.6 is 11.6 Å². The molecule has 2 aliphatic heterocycles. The van der Waals surface area contributed by atoms with Crippen molar-refractivity contribution in [1.82, 2.24) is 9.62 Å². The molecule has 1 atom stereocenters. The largest absolute Gasteiger partial charge is 0.492 e. The number of carbonyl (C=O) groups is 1. The van der Waals surface area contributed by atoms with Gasteiger partial charge in [-0.1, -0.05) is 29.8 Å². The van der Waals surface area contributed by atoms with Gasteiger partial charge in [-0.3, -0.25) is 9.10 Å². The van der Waals surface area contributed by atoms with Crippen molar-refractivity contribution in [3.63, 3.8) is 0 Å². The minimum Gasteiger partial charge on any atom is -0.492 e. The number of ether oxygens (including phenoxy) is 2. The number of benzene rings is 3. The molecule has 10 nitrogen and oxygen atoms in total. The Morgan fingerprint density at radius 1 is 0.925 bits per heavy atom. The van der Waals surface area contributed by atoms with Gasteiger partial charge >= 0.3 is 0 Å². The maximum atomic E-state index is 13.4. The van der Waals surface area contributed by atoms with Crippen LogP contribution in [-0.2, 0) is 24.8 Å². The number of amides is 1. The number of rotatable bonds is 9. The van der Waals surface area contributed by atoms with E-state index >= 15 is 0 Å². The first-order chi connectivity index (χ1) is 19.2. The summed E-state index contributed by atoms with van der Waals surface area (Å²) in [5, 5.41) is 3.04. The van der Waals surface area contributed by atoms with Crippen LogP contribution < -0.4 is 19.1 Å². The lowest BCUT2D eigenvalue weighted by Gasteiger charge is -2.34. The van der Waals surface area contributed by atoms with Crippen LogP contribution in [0.4, 0.5) is 5.69 Å². The minimum absolute atomic E-state index is 0.0784. The molecule has 3 aromatic rings. The maximum absolute atomic E-state index is 13.4. The van der Waals surface area contributed by atoms with Crippen molar-refractivity contribution in [3.8, 4) is 11.5 Å². The molecule has 40 heavy (non-hydrogen) atoms. The molecule has 0 saturated carbocycles. The van der Waals surface area contributed by atoms with Crippen LogP contribution in [0.25, 0.3) is 0 Å². The molecule has 212 valence electrons. The number of halogens is 1. The van der Waals surface area contributed by atoms with Crippen molar-refractivity contribution in [2.45, 2.75) is 28.7 Å². The van der Waals surface area contributed by atoms with Crippen molar-refractivity contribution in [2.24, 2.45) is 0 Å². The second-order valence-electron chi connectivity index (χ2n) is 9.29. The van der Waals surface area contributed by atoms with Gasteiger partial charge in [0.15, 0.2) is 6.10 Å². The van der Waals surface area contributed by atoms with Gasteiger partial charge in [-0.05, 0) is 67.4 Å². The summed E-state index contributed by atoms with van der Waals surface area (Å²) in [5.41, 5.74) is 0.249. The van der Waals surface area contributed by atoms with Crippen molar-refractivity contribution in [3.05, 3.63) is 77.8 Å². The normalized spacial score (nSPS) is 17.6. The Balaban J connectivity index is 1.20. The number of fused-ring (bicyclic) bond motifs is 1. The molecule has 1 N–H and O–H groups in total. The summed E-state index contributed by atoms with van der Waals surface area (Å²) in [7, 11) is -7.50. The Bertz CT molecular complexity index is 1580. The van der Waals surface area contributed by atoms with Crippen LogP contribution in [0.1, 0.15) is 12.8 Å². The number of hydrogen-bond acceptors (Lipinski definition) is 7. The van der Waals surface area contributed by atoms with E-state index < -0.39 is 32.1 Å². The highest BCUT2D eigenvalue weighted by molar-refractivity contribution is 7.92. The van der Waals surface area contributed by atoms with Crippen LogP contribution in [0.15, 0.2) is 82.6 Å². The number of nitrogens with zero attached hydrogens (tertiary/aromatic N) is 2. The summed E-state index contributed by atoms with van der Waals surface area (Å²) in [6.45, 7) is 1.03. The number of sulfonamides is 2. The molecule has 2 heterocycles. The number of anilines is 1. The maximum Gasteiger partial charge on any atom is 0.264 e. The van der Waals surface area contributed by atoms with Crippen molar-refractivity contribution < 1.29 is 31.1 Å². The van der Waals surface area contributed by atoms with E-state index in [4.69, 9.17) is 21.1 Å². The molecule has 0 unspecified atom stereocenters. The molecule has 2 aliphatic rings. The van der Waals surface area contributed by atoms with Crippen molar-refractivity contribution in [1.29, 1.82) is 0 Å². The molecule has 0 bridgehead atoms. The average Bonchev–Trinajstić information content (AvgIpc) is 3.52. The summed E-state index contributed by atoms with van der Waals surface area (Å²) in [6, 6.07) is 18.6. The third-order valence-corrected chi connectivity index (χ3v) is 10.6. The van der Waals surface area contributed by atoms with Crippen LogP contribution in [-0.4, -0.2) is 65.9 Å². The lowest BCUT2D eigenvalue weighted by molar-refractivity contribution is -0.127. The summed E-state index contributed by atoms with van der Waals surface area (Å²) in [5.74, 6) is 0.162. The third kappa shape index (κ3) is 5.90. The van der Waals surface area contributed by atoms with Crippen LogP contribution in [0.2, 0.25) is 5.02 Å². The molecule has 3 aromatic carbocycles. The molecular formula is C27H28ClN3O7S2. The van der Waals surface area contributed by atoms with Crippen LogP contribution in [0.5, 0.6) is 11.5 Å². The van der Waals surface area contributed by atoms with Gasteiger partial charge in [-0.2, -0.15) is 4.31 Å². The summed E-state index contributed by atoms with van der Waals surface area (Å²) >= 11 is 6.13. The van der Waals surface area contributed by atoms with E-state index in [1.165, 1.54) is 40.7 Å². The zero-order chi connectivity index (χ0) is 28.3. The van der Waals surface area contributed by atoms with Crippen molar-refractivity contribution >= 4 is 43.2 Å². The Hall–Kier alpha value is -3.32. The summed E-state index contributed by atoms with van der Waals surface area (Å²) < 4.78 is 66.3. The van der Waals surface area contributed by atoms with E-state index in [9.17, 15) is 21.6 Å².